The molecule has 1 saturated carbocycles. The van der Waals surface area contributed by atoms with Crippen LogP contribution in [0.4, 0.5) is 0 Å². The summed E-state index contributed by atoms with van der Waals surface area (Å²) in [6, 6.07) is 1.74. The molecular weight excluding hydrogens is 306 g/mol. The van der Waals surface area contributed by atoms with Crippen molar-refractivity contribution in [3.05, 3.63) is 41.4 Å². The van der Waals surface area contributed by atoms with E-state index in [0.29, 0.717) is 31.0 Å². The molecule has 24 heavy (non-hydrogen) atoms. The third-order valence-electron chi connectivity index (χ3n) is 5.02. The molecule has 0 spiro atoms. The normalized spacial score (nSPS) is 20.2. The van der Waals surface area contributed by atoms with Gasteiger partial charge in [-0.2, -0.15) is 0 Å². The van der Waals surface area contributed by atoms with Gasteiger partial charge in [-0.1, -0.05) is 0 Å². The molecule has 2 aromatic heterocycles. The maximum atomic E-state index is 12.8. The Hall–Kier alpha value is -2.08. The van der Waals surface area contributed by atoms with Crippen LogP contribution in [0.3, 0.4) is 0 Å². The average molecular weight is 329 g/mol. The Morgan fingerprint density at radius 1 is 1.46 bits per heavy atom. The highest BCUT2D eigenvalue weighted by atomic mass is 16.5. The van der Waals surface area contributed by atoms with Crippen LogP contribution in [0.5, 0.6) is 0 Å². The van der Waals surface area contributed by atoms with Gasteiger partial charge in [0, 0.05) is 31.8 Å². The Kier molecular flexibility index (Phi) is 3.92. The van der Waals surface area contributed by atoms with Crippen molar-refractivity contribution in [2.75, 3.05) is 20.3 Å². The van der Waals surface area contributed by atoms with Crippen LogP contribution in [0.15, 0.2) is 23.1 Å². The van der Waals surface area contributed by atoms with E-state index in [2.05, 4.69) is 9.55 Å². The maximum absolute atomic E-state index is 12.8. The summed E-state index contributed by atoms with van der Waals surface area (Å²) >= 11 is 0. The number of methoxy groups -OCH3 is 1. The zero-order chi connectivity index (χ0) is 16.7. The number of fused-ring (bicyclic) bond motifs is 1. The first kappa shape index (κ1) is 15.4. The van der Waals surface area contributed by atoms with Crippen molar-refractivity contribution in [1.82, 2.24) is 14.5 Å². The molecule has 0 aromatic carbocycles. The molecule has 1 atom stereocenters. The lowest BCUT2D eigenvalue weighted by Crippen LogP contribution is -2.40. The van der Waals surface area contributed by atoms with Gasteiger partial charge in [-0.05, 0) is 31.7 Å². The number of imidazole rings is 1. The highest BCUT2D eigenvalue weighted by Gasteiger charge is 2.34. The fourth-order valence-corrected chi connectivity index (χ4v) is 3.61. The van der Waals surface area contributed by atoms with E-state index in [4.69, 9.17) is 9.15 Å². The zero-order valence-electron chi connectivity index (χ0n) is 14.2. The first-order valence-electron chi connectivity index (χ1n) is 8.53. The number of furan rings is 1. The van der Waals surface area contributed by atoms with Crippen LogP contribution < -0.4 is 0 Å². The van der Waals surface area contributed by atoms with E-state index in [9.17, 15) is 4.79 Å². The molecule has 128 valence electrons. The number of carbonyl (C=O) groups is 1. The largest absolute Gasteiger partial charge is 0.469 e. The van der Waals surface area contributed by atoms with E-state index in [-0.39, 0.29) is 11.8 Å². The second-order valence-electron chi connectivity index (χ2n) is 6.90. The van der Waals surface area contributed by atoms with Crippen LogP contribution >= 0.6 is 0 Å². The van der Waals surface area contributed by atoms with Gasteiger partial charge in [0.1, 0.15) is 5.76 Å². The van der Waals surface area contributed by atoms with Crippen LogP contribution in [0.2, 0.25) is 0 Å². The number of nitrogens with zero attached hydrogens (tertiary/aromatic N) is 3. The number of ether oxygens (including phenoxy) is 1. The number of hydrogen-bond acceptors (Lipinski definition) is 4. The Balaban J connectivity index is 1.61. The lowest BCUT2D eigenvalue weighted by Gasteiger charge is -2.33. The predicted octanol–water partition coefficient (Wildman–Crippen LogP) is 2.58. The molecule has 1 fully saturated rings. The van der Waals surface area contributed by atoms with Gasteiger partial charge in [0.05, 0.1) is 37.0 Å². The maximum Gasteiger partial charge on any atom is 0.257 e. The molecule has 1 aliphatic heterocycles. The van der Waals surface area contributed by atoms with Gasteiger partial charge in [-0.25, -0.2) is 4.98 Å². The average Bonchev–Trinajstić information content (AvgIpc) is 3.14. The molecule has 0 bridgehead atoms. The predicted molar refractivity (Wildman–Crippen MR) is 87.8 cm³/mol. The van der Waals surface area contributed by atoms with Crippen molar-refractivity contribution in [2.45, 2.75) is 38.8 Å². The molecule has 0 N–H and O–H groups in total. The summed E-state index contributed by atoms with van der Waals surface area (Å²) in [5.74, 6) is 1.62. The Labute approximate surface area is 141 Å². The molecule has 2 aliphatic rings. The summed E-state index contributed by atoms with van der Waals surface area (Å²) < 4.78 is 13.0. The van der Waals surface area contributed by atoms with Crippen LogP contribution in [0.25, 0.3) is 0 Å². The molecule has 0 radical (unpaired) electrons. The first-order chi connectivity index (χ1) is 11.7. The molecule has 3 heterocycles. The summed E-state index contributed by atoms with van der Waals surface area (Å²) in [5.41, 5.74) is 2.88. The Bertz CT molecular complexity index is 745. The third kappa shape index (κ3) is 2.75. The van der Waals surface area contributed by atoms with Gasteiger partial charge in [0.15, 0.2) is 0 Å². The highest BCUT2D eigenvalue weighted by molar-refractivity contribution is 5.95. The second-order valence-corrected chi connectivity index (χ2v) is 6.90. The van der Waals surface area contributed by atoms with Gasteiger partial charge >= 0.3 is 0 Å². The summed E-state index contributed by atoms with van der Waals surface area (Å²) in [6.07, 6.45) is 6.12. The molecule has 1 aliphatic carbocycles. The minimum absolute atomic E-state index is 0.00439. The summed E-state index contributed by atoms with van der Waals surface area (Å²) in [7, 11) is 1.71. The van der Waals surface area contributed by atoms with Gasteiger partial charge < -0.3 is 18.6 Å². The van der Waals surface area contributed by atoms with E-state index in [1.54, 1.807) is 19.4 Å². The minimum Gasteiger partial charge on any atom is -0.469 e. The van der Waals surface area contributed by atoms with E-state index < -0.39 is 0 Å². The van der Waals surface area contributed by atoms with Crippen LogP contribution in [0, 0.1) is 12.8 Å². The van der Waals surface area contributed by atoms with Gasteiger partial charge in [-0.3, -0.25) is 4.79 Å². The quantitative estimate of drug-likeness (QED) is 0.846. The Morgan fingerprint density at radius 3 is 2.96 bits per heavy atom. The van der Waals surface area contributed by atoms with Crippen LogP contribution in [-0.2, 0) is 17.8 Å². The van der Waals surface area contributed by atoms with Gasteiger partial charge in [0.2, 0.25) is 0 Å². The summed E-state index contributed by atoms with van der Waals surface area (Å²) in [6.45, 7) is 4.66. The minimum atomic E-state index is 0.00439. The second kappa shape index (κ2) is 6.09. The molecule has 2 aromatic rings. The number of carbonyl (C=O) groups excluding carboxylic acids is 1. The standard InChI is InChI=1S/C18H23N3O3/c1-12-15(5-6-24-12)18(22)20-8-14(10-23-2)17-16(9-20)19-11-21(17)7-13-3-4-13/h5-6,11,13-14H,3-4,7-10H2,1-2H3/t14-/m1/s1. The number of amides is 1. The molecule has 6 heteroatoms. The van der Waals surface area contributed by atoms with E-state index >= 15 is 0 Å². The lowest BCUT2D eigenvalue weighted by atomic mass is 9.98. The Morgan fingerprint density at radius 2 is 2.29 bits per heavy atom. The van der Waals surface area contributed by atoms with Crippen molar-refractivity contribution in [3.8, 4) is 0 Å². The monoisotopic (exact) mass is 329 g/mol. The summed E-state index contributed by atoms with van der Waals surface area (Å²) in [5, 5.41) is 0. The van der Waals surface area contributed by atoms with Crippen molar-refractivity contribution in [2.24, 2.45) is 5.92 Å². The first-order valence-corrected chi connectivity index (χ1v) is 8.53. The van der Waals surface area contributed by atoms with Gasteiger partial charge in [0.25, 0.3) is 5.91 Å². The van der Waals surface area contributed by atoms with Crippen molar-refractivity contribution in [3.63, 3.8) is 0 Å². The van der Waals surface area contributed by atoms with E-state index in [1.807, 2.05) is 18.2 Å². The fraction of sp³-hybridized carbons (Fsp3) is 0.556. The smallest absolute Gasteiger partial charge is 0.257 e. The SMILES string of the molecule is COC[C@H]1CN(C(=O)c2ccoc2C)Cc2ncn(CC3CC3)c21. The van der Waals surface area contributed by atoms with E-state index in [0.717, 1.165) is 18.2 Å². The molecule has 1 amide bonds. The van der Waals surface area contributed by atoms with Crippen LogP contribution in [0.1, 0.15) is 46.3 Å². The number of rotatable bonds is 5. The van der Waals surface area contributed by atoms with Crippen molar-refractivity contribution >= 4 is 5.91 Å². The molecule has 6 nitrogen and oxygen atoms in total. The molecular formula is C18H23N3O3. The van der Waals surface area contributed by atoms with Crippen molar-refractivity contribution in [1.29, 1.82) is 0 Å². The molecule has 4 rings (SSSR count). The molecule has 0 unspecified atom stereocenters. The van der Waals surface area contributed by atoms with Gasteiger partial charge in [-0.15, -0.1) is 0 Å². The number of hydrogen-bond donors (Lipinski definition) is 0. The topological polar surface area (TPSA) is 60.5 Å². The number of aryl methyl sites for hydroxylation is 1. The highest BCUT2D eigenvalue weighted by Crippen LogP contribution is 2.34. The van der Waals surface area contributed by atoms with E-state index in [1.165, 1.54) is 18.5 Å². The summed E-state index contributed by atoms with van der Waals surface area (Å²) in [4.78, 5) is 19.3. The molecule has 0 saturated heterocycles. The fourth-order valence-electron chi connectivity index (χ4n) is 3.61. The number of aromatic nitrogens is 2. The lowest BCUT2D eigenvalue weighted by molar-refractivity contribution is 0.0670. The van der Waals surface area contributed by atoms with Crippen LogP contribution in [-0.4, -0.2) is 40.6 Å². The van der Waals surface area contributed by atoms with Crippen molar-refractivity contribution < 1.29 is 13.9 Å². The zero-order valence-corrected chi connectivity index (χ0v) is 14.2. The third-order valence-corrected chi connectivity index (χ3v) is 5.02.